The number of nitrogens with one attached hydrogen (secondary N) is 1. The van der Waals surface area contributed by atoms with Crippen LogP contribution in [0.4, 0.5) is 5.69 Å². The Morgan fingerprint density at radius 2 is 1.77 bits per heavy atom. The molecule has 0 radical (unpaired) electrons. The summed E-state index contributed by atoms with van der Waals surface area (Å²) in [7, 11) is 3.46. The van der Waals surface area contributed by atoms with Gasteiger partial charge in [0, 0.05) is 31.4 Å². The Hall–Kier alpha value is -3.37. The lowest BCUT2D eigenvalue weighted by molar-refractivity contribution is -0.119. The minimum absolute atomic E-state index is 0.0844. The molecule has 0 aliphatic carbocycles. The molecule has 0 atom stereocenters. The summed E-state index contributed by atoms with van der Waals surface area (Å²) in [6.45, 7) is 3.59. The second-order valence-electron chi connectivity index (χ2n) is 6.83. The summed E-state index contributed by atoms with van der Waals surface area (Å²) < 4.78 is 5.45. The summed E-state index contributed by atoms with van der Waals surface area (Å²) in [5.74, 6) is 0.527. The van der Waals surface area contributed by atoms with Crippen molar-refractivity contribution in [3.63, 3.8) is 0 Å². The van der Waals surface area contributed by atoms with E-state index in [1.165, 1.54) is 0 Å². The maximum absolute atomic E-state index is 12.9. The highest BCUT2D eigenvalue weighted by Crippen LogP contribution is 2.20. The van der Waals surface area contributed by atoms with E-state index in [1.807, 2.05) is 55.3 Å². The Kier molecular flexibility index (Phi) is 8.85. The quantitative estimate of drug-likeness (QED) is 0.653. The Bertz CT molecular complexity index is 873. The predicted octanol–water partition coefficient (Wildman–Crippen LogP) is 2.82. The van der Waals surface area contributed by atoms with Crippen LogP contribution < -0.4 is 15.0 Å². The molecule has 0 aliphatic heterocycles. The highest BCUT2D eigenvalue weighted by molar-refractivity contribution is 5.95. The van der Waals surface area contributed by atoms with Crippen LogP contribution in [0.3, 0.4) is 0 Å². The molecule has 0 spiro atoms. The first-order valence-corrected chi connectivity index (χ1v) is 9.88. The summed E-state index contributed by atoms with van der Waals surface area (Å²) in [4.78, 5) is 28.1. The van der Waals surface area contributed by atoms with Crippen LogP contribution in [-0.4, -0.2) is 50.5 Å². The standard InChI is InChI=1S/C23H28N4O3/c1-4-30-21-12-10-20(11-13-21)27(15-5-14-24)22(28)17-26(3)16-18-6-8-19(9-7-18)23(29)25-2/h6-13H,4-5,15-17H2,1-3H3,(H,25,29). The Morgan fingerprint density at radius 1 is 1.10 bits per heavy atom. The van der Waals surface area contributed by atoms with Gasteiger partial charge in [-0.05, 0) is 55.9 Å². The molecule has 0 heterocycles. The van der Waals surface area contributed by atoms with Crippen molar-refractivity contribution in [1.82, 2.24) is 10.2 Å². The van der Waals surface area contributed by atoms with Crippen molar-refractivity contribution in [2.24, 2.45) is 0 Å². The average molecular weight is 409 g/mol. The van der Waals surface area contributed by atoms with Gasteiger partial charge in [-0.3, -0.25) is 14.5 Å². The van der Waals surface area contributed by atoms with Crippen LogP contribution >= 0.6 is 0 Å². The predicted molar refractivity (Wildman–Crippen MR) is 116 cm³/mol. The molecule has 1 N–H and O–H groups in total. The molecule has 30 heavy (non-hydrogen) atoms. The molecule has 2 rings (SSSR count). The van der Waals surface area contributed by atoms with E-state index >= 15 is 0 Å². The van der Waals surface area contributed by atoms with Gasteiger partial charge in [0.1, 0.15) is 5.75 Å². The van der Waals surface area contributed by atoms with Gasteiger partial charge in [-0.1, -0.05) is 12.1 Å². The number of rotatable bonds is 10. The zero-order chi connectivity index (χ0) is 21.9. The number of carbonyl (C=O) groups is 2. The molecule has 158 valence electrons. The van der Waals surface area contributed by atoms with Crippen LogP contribution in [0.5, 0.6) is 5.75 Å². The first-order valence-electron chi connectivity index (χ1n) is 9.88. The lowest BCUT2D eigenvalue weighted by Crippen LogP contribution is -2.39. The number of nitrogens with zero attached hydrogens (tertiary/aromatic N) is 3. The molecule has 0 fully saturated rings. The van der Waals surface area contributed by atoms with E-state index < -0.39 is 0 Å². The molecule has 2 aromatic rings. The number of carbonyl (C=O) groups excluding carboxylic acids is 2. The molecule has 2 amide bonds. The molecule has 0 saturated heterocycles. The Morgan fingerprint density at radius 3 is 2.33 bits per heavy atom. The van der Waals surface area contributed by atoms with Crippen LogP contribution in [0.1, 0.15) is 29.3 Å². The number of amides is 2. The number of hydrogen-bond donors (Lipinski definition) is 1. The molecule has 0 saturated carbocycles. The highest BCUT2D eigenvalue weighted by Gasteiger charge is 2.18. The van der Waals surface area contributed by atoms with Crippen LogP contribution in [-0.2, 0) is 11.3 Å². The smallest absolute Gasteiger partial charge is 0.251 e. The van der Waals surface area contributed by atoms with E-state index in [2.05, 4.69) is 11.4 Å². The van der Waals surface area contributed by atoms with E-state index in [0.29, 0.717) is 25.3 Å². The van der Waals surface area contributed by atoms with Crippen molar-refractivity contribution in [3.05, 3.63) is 59.7 Å². The molecule has 0 bridgehead atoms. The van der Waals surface area contributed by atoms with Gasteiger partial charge in [0.25, 0.3) is 5.91 Å². The molecular formula is C23H28N4O3. The number of likely N-dealkylation sites (N-methyl/N-ethyl adjacent to an activating group) is 1. The topological polar surface area (TPSA) is 85.7 Å². The maximum atomic E-state index is 12.9. The molecule has 7 nitrogen and oxygen atoms in total. The second-order valence-corrected chi connectivity index (χ2v) is 6.83. The van der Waals surface area contributed by atoms with Gasteiger partial charge in [0.2, 0.25) is 5.91 Å². The Balaban J connectivity index is 2.03. The van der Waals surface area contributed by atoms with Crippen molar-refractivity contribution in [2.75, 3.05) is 38.7 Å². The number of benzene rings is 2. The van der Waals surface area contributed by atoms with Gasteiger partial charge in [0.05, 0.1) is 25.6 Å². The highest BCUT2D eigenvalue weighted by atomic mass is 16.5. The van der Waals surface area contributed by atoms with E-state index in [0.717, 1.165) is 17.0 Å². The van der Waals surface area contributed by atoms with Gasteiger partial charge in [-0.2, -0.15) is 5.26 Å². The van der Waals surface area contributed by atoms with Crippen LogP contribution in [0.15, 0.2) is 48.5 Å². The normalized spacial score (nSPS) is 10.4. The first kappa shape index (κ1) is 22.9. The van der Waals surface area contributed by atoms with Crippen molar-refractivity contribution in [3.8, 4) is 11.8 Å². The second kappa shape index (κ2) is 11.6. The van der Waals surface area contributed by atoms with Gasteiger partial charge in [-0.15, -0.1) is 0 Å². The summed E-state index contributed by atoms with van der Waals surface area (Å²) in [6.07, 6.45) is 0.254. The molecule has 2 aromatic carbocycles. The molecule has 0 aliphatic rings. The Labute approximate surface area is 177 Å². The maximum Gasteiger partial charge on any atom is 0.251 e. The lowest BCUT2D eigenvalue weighted by atomic mass is 10.1. The SMILES string of the molecule is CCOc1ccc(N(CCC#N)C(=O)CN(C)Cc2ccc(C(=O)NC)cc2)cc1. The lowest BCUT2D eigenvalue weighted by Gasteiger charge is -2.25. The van der Waals surface area contributed by atoms with E-state index in [9.17, 15) is 9.59 Å². The van der Waals surface area contributed by atoms with Gasteiger partial charge in [0.15, 0.2) is 0 Å². The number of ether oxygens (including phenoxy) is 1. The fraction of sp³-hybridized carbons (Fsp3) is 0.348. The third kappa shape index (κ3) is 6.61. The number of nitriles is 1. The van der Waals surface area contributed by atoms with E-state index in [-0.39, 0.29) is 24.8 Å². The van der Waals surface area contributed by atoms with Crippen molar-refractivity contribution in [2.45, 2.75) is 19.9 Å². The molecule has 0 aromatic heterocycles. The van der Waals surface area contributed by atoms with Crippen molar-refractivity contribution in [1.29, 1.82) is 5.26 Å². The van der Waals surface area contributed by atoms with Crippen LogP contribution in [0, 0.1) is 11.3 Å². The largest absolute Gasteiger partial charge is 0.494 e. The van der Waals surface area contributed by atoms with Crippen LogP contribution in [0.25, 0.3) is 0 Å². The first-order chi connectivity index (χ1) is 14.5. The minimum atomic E-state index is -0.131. The summed E-state index contributed by atoms with van der Waals surface area (Å²) in [6, 6.07) is 16.7. The van der Waals surface area contributed by atoms with Crippen molar-refractivity contribution < 1.29 is 14.3 Å². The fourth-order valence-corrected chi connectivity index (χ4v) is 3.04. The van der Waals surface area contributed by atoms with E-state index in [4.69, 9.17) is 10.00 Å². The molecule has 0 unspecified atom stereocenters. The minimum Gasteiger partial charge on any atom is -0.494 e. The number of anilines is 1. The zero-order valence-corrected chi connectivity index (χ0v) is 17.7. The van der Waals surface area contributed by atoms with Gasteiger partial charge < -0.3 is 15.0 Å². The number of hydrogen-bond acceptors (Lipinski definition) is 5. The summed E-state index contributed by atoms with van der Waals surface area (Å²) >= 11 is 0. The van der Waals surface area contributed by atoms with E-state index in [1.54, 1.807) is 24.1 Å². The van der Waals surface area contributed by atoms with Crippen molar-refractivity contribution >= 4 is 17.5 Å². The molecule has 7 heteroatoms. The zero-order valence-electron chi connectivity index (χ0n) is 17.7. The average Bonchev–Trinajstić information content (AvgIpc) is 2.75. The summed E-state index contributed by atoms with van der Waals surface area (Å²) in [5.41, 5.74) is 2.34. The van der Waals surface area contributed by atoms with Gasteiger partial charge >= 0.3 is 0 Å². The summed E-state index contributed by atoms with van der Waals surface area (Å²) in [5, 5.41) is 11.6. The monoisotopic (exact) mass is 408 g/mol. The van der Waals surface area contributed by atoms with Crippen LogP contribution in [0.2, 0.25) is 0 Å². The molecular weight excluding hydrogens is 380 g/mol. The fourth-order valence-electron chi connectivity index (χ4n) is 3.04. The third-order valence-corrected chi connectivity index (χ3v) is 4.51. The van der Waals surface area contributed by atoms with Gasteiger partial charge in [-0.25, -0.2) is 0 Å². The third-order valence-electron chi connectivity index (χ3n) is 4.51.